The summed E-state index contributed by atoms with van der Waals surface area (Å²) in [5, 5.41) is 11.6. The molecule has 142 valence electrons. The minimum Gasteiger partial charge on any atom is -0.478 e. The van der Waals surface area contributed by atoms with Gasteiger partial charge in [-0.15, -0.1) is 0 Å². The maximum absolute atomic E-state index is 11.1. The summed E-state index contributed by atoms with van der Waals surface area (Å²) in [4.78, 5) is 15.7. The van der Waals surface area contributed by atoms with Crippen LogP contribution in [0.3, 0.4) is 0 Å². The number of rotatable bonds is 5. The van der Waals surface area contributed by atoms with E-state index in [1.165, 1.54) is 0 Å². The Balaban J connectivity index is 1.80. The van der Waals surface area contributed by atoms with E-state index >= 15 is 0 Å². The number of aliphatic imine (C=N–C) groups is 1. The highest BCUT2D eigenvalue weighted by molar-refractivity contribution is 6.30. The van der Waals surface area contributed by atoms with Crippen LogP contribution in [0.15, 0.2) is 84.0 Å². The van der Waals surface area contributed by atoms with Crippen molar-refractivity contribution in [2.75, 3.05) is 0 Å². The van der Waals surface area contributed by atoms with Gasteiger partial charge in [0.25, 0.3) is 0 Å². The molecule has 1 heterocycles. The molecule has 0 bridgehead atoms. The van der Waals surface area contributed by atoms with Crippen LogP contribution in [0.25, 0.3) is 5.70 Å². The number of carboxylic acids is 1. The van der Waals surface area contributed by atoms with Gasteiger partial charge in [0.15, 0.2) is 0 Å². The average Bonchev–Trinajstić information content (AvgIpc) is 2.69. The molecule has 0 saturated heterocycles. The predicted molar refractivity (Wildman–Crippen MR) is 113 cm³/mol. The van der Waals surface area contributed by atoms with Gasteiger partial charge in [-0.1, -0.05) is 48.5 Å². The summed E-state index contributed by atoms with van der Waals surface area (Å²) in [6, 6.07) is 14.3. The molecule has 0 unspecified atom stereocenters. The van der Waals surface area contributed by atoms with Gasteiger partial charge in [-0.3, -0.25) is 15.4 Å². The first kappa shape index (κ1) is 19.5. The number of allylic oxidation sites excluding steroid dienone is 2. The van der Waals surface area contributed by atoms with Crippen LogP contribution in [0.5, 0.6) is 0 Å². The van der Waals surface area contributed by atoms with Crippen molar-refractivity contribution in [1.82, 2.24) is 10.4 Å². The predicted octanol–water partition coefficient (Wildman–Crippen LogP) is 4.89. The number of halogens is 1. The Bertz CT molecular complexity index is 991. The fraction of sp³-hybridized carbons (Fsp3) is 0.0909. The number of benzene rings is 2. The van der Waals surface area contributed by atoms with Gasteiger partial charge < -0.3 is 5.11 Å². The van der Waals surface area contributed by atoms with Crippen LogP contribution >= 0.6 is 11.6 Å². The maximum Gasteiger partial charge on any atom is 0.335 e. The van der Waals surface area contributed by atoms with Crippen LogP contribution in [0, 0.1) is 0 Å². The number of hydrazine groups is 1. The van der Waals surface area contributed by atoms with E-state index in [1.54, 1.807) is 24.3 Å². The molecule has 0 amide bonds. The summed E-state index contributed by atoms with van der Waals surface area (Å²) in [5.41, 5.74) is 6.98. The first-order valence-corrected chi connectivity index (χ1v) is 9.08. The minimum absolute atomic E-state index is 0.244. The molecule has 5 nitrogen and oxygen atoms in total. The lowest BCUT2D eigenvalue weighted by Gasteiger charge is -2.32. The van der Waals surface area contributed by atoms with E-state index in [-0.39, 0.29) is 5.56 Å². The summed E-state index contributed by atoms with van der Waals surface area (Å²) in [6.07, 6.45) is 5.67. The van der Waals surface area contributed by atoms with Crippen molar-refractivity contribution in [3.63, 3.8) is 0 Å². The van der Waals surface area contributed by atoms with Crippen molar-refractivity contribution in [2.24, 2.45) is 4.99 Å². The van der Waals surface area contributed by atoms with E-state index in [0.717, 1.165) is 22.5 Å². The Morgan fingerprint density at radius 2 is 1.93 bits per heavy atom. The summed E-state index contributed by atoms with van der Waals surface area (Å²) >= 11 is 6.03. The van der Waals surface area contributed by atoms with E-state index < -0.39 is 5.97 Å². The first-order chi connectivity index (χ1) is 13.5. The smallest absolute Gasteiger partial charge is 0.335 e. The van der Waals surface area contributed by atoms with Crippen molar-refractivity contribution in [3.05, 3.63) is 101 Å². The highest BCUT2D eigenvalue weighted by atomic mass is 35.5. The highest BCUT2D eigenvalue weighted by Gasteiger charge is 2.18. The molecule has 0 atom stereocenters. The number of amidine groups is 1. The molecule has 0 aliphatic carbocycles. The second kappa shape index (κ2) is 8.59. The third-order valence-electron chi connectivity index (χ3n) is 4.21. The molecule has 28 heavy (non-hydrogen) atoms. The van der Waals surface area contributed by atoms with Crippen LogP contribution < -0.4 is 5.43 Å². The second-order valence-electron chi connectivity index (χ2n) is 6.16. The number of hydrogen-bond acceptors (Lipinski definition) is 3. The third kappa shape index (κ3) is 4.50. The quantitative estimate of drug-likeness (QED) is 0.759. The monoisotopic (exact) mass is 393 g/mol. The molecule has 0 spiro atoms. The van der Waals surface area contributed by atoms with Gasteiger partial charge in [0.2, 0.25) is 0 Å². The Kier molecular flexibility index (Phi) is 5.96. The molecule has 0 fully saturated rings. The Morgan fingerprint density at radius 3 is 2.57 bits per heavy atom. The minimum atomic E-state index is -0.951. The molecule has 1 aliphatic rings. The number of hydrogen-bond donors (Lipinski definition) is 2. The largest absolute Gasteiger partial charge is 0.478 e. The van der Waals surface area contributed by atoms with Crippen molar-refractivity contribution in [1.29, 1.82) is 0 Å². The molecule has 1 aliphatic heterocycles. The molecule has 6 heteroatoms. The van der Waals surface area contributed by atoms with Gasteiger partial charge in [-0.2, -0.15) is 0 Å². The number of carboxylic acid groups (broad SMARTS) is 1. The van der Waals surface area contributed by atoms with Crippen LogP contribution in [-0.2, 0) is 6.54 Å². The van der Waals surface area contributed by atoms with Gasteiger partial charge in [0, 0.05) is 5.02 Å². The average molecular weight is 394 g/mol. The molecule has 0 radical (unpaired) electrons. The van der Waals surface area contributed by atoms with Gasteiger partial charge in [-0.05, 0) is 54.5 Å². The number of carbonyl (C=O) groups is 1. The molecule has 2 N–H and O–H groups in total. The van der Waals surface area contributed by atoms with Gasteiger partial charge in [-0.25, -0.2) is 4.79 Å². The van der Waals surface area contributed by atoms with Crippen LogP contribution in [0.2, 0.25) is 5.02 Å². The SMILES string of the molecule is C=C1C=CC(=NCc2cccc(Cl)c2)NN1/C(=C\C)c1ccc(C(=O)O)cc1. The van der Waals surface area contributed by atoms with E-state index in [2.05, 4.69) is 17.0 Å². The Hall–Kier alpha value is -3.31. The van der Waals surface area contributed by atoms with E-state index in [4.69, 9.17) is 16.7 Å². The molecule has 0 saturated carbocycles. The standard InChI is InChI=1S/C22H20ClN3O2/c1-3-20(17-8-10-18(11-9-17)22(27)28)26-15(2)7-12-21(25-26)24-14-16-5-4-6-19(23)13-16/h3-13H,2,14H2,1H3,(H,24,25)(H,27,28)/b20-3-. The molecular formula is C22H20ClN3O2. The zero-order chi connectivity index (χ0) is 20.1. The lowest BCUT2D eigenvalue weighted by atomic mass is 10.1. The lowest BCUT2D eigenvalue weighted by Crippen LogP contribution is -2.41. The molecule has 3 rings (SSSR count). The van der Waals surface area contributed by atoms with Gasteiger partial charge in [0.05, 0.1) is 23.5 Å². The maximum atomic E-state index is 11.1. The first-order valence-electron chi connectivity index (χ1n) is 8.70. The van der Waals surface area contributed by atoms with Gasteiger partial charge >= 0.3 is 5.97 Å². The third-order valence-corrected chi connectivity index (χ3v) is 4.45. The number of nitrogens with one attached hydrogen (secondary N) is 1. The molecule has 2 aromatic carbocycles. The van der Waals surface area contributed by atoms with Crippen molar-refractivity contribution >= 4 is 29.1 Å². The van der Waals surface area contributed by atoms with Gasteiger partial charge in [0.1, 0.15) is 5.84 Å². The second-order valence-corrected chi connectivity index (χ2v) is 6.60. The summed E-state index contributed by atoms with van der Waals surface area (Å²) in [6.45, 7) is 6.47. The normalized spacial score (nSPS) is 15.6. The lowest BCUT2D eigenvalue weighted by molar-refractivity contribution is 0.0697. The van der Waals surface area contributed by atoms with Crippen molar-refractivity contribution in [3.8, 4) is 0 Å². The van der Waals surface area contributed by atoms with E-state index in [1.807, 2.05) is 54.4 Å². The molecular weight excluding hydrogens is 374 g/mol. The summed E-state index contributed by atoms with van der Waals surface area (Å²) < 4.78 is 0. The Labute approximate surface area is 168 Å². The summed E-state index contributed by atoms with van der Waals surface area (Å²) in [5.74, 6) is -0.263. The summed E-state index contributed by atoms with van der Waals surface area (Å²) in [7, 11) is 0. The fourth-order valence-corrected chi connectivity index (χ4v) is 3.01. The topological polar surface area (TPSA) is 64.9 Å². The zero-order valence-corrected chi connectivity index (χ0v) is 16.1. The van der Waals surface area contributed by atoms with E-state index in [9.17, 15) is 4.79 Å². The number of nitrogens with zero attached hydrogens (tertiary/aromatic N) is 2. The molecule has 0 aromatic heterocycles. The van der Waals surface area contributed by atoms with Crippen LogP contribution in [0.1, 0.15) is 28.4 Å². The Morgan fingerprint density at radius 1 is 1.21 bits per heavy atom. The van der Waals surface area contributed by atoms with Crippen molar-refractivity contribution in [2.45, 2.75) is 13.5 Å². The fourth-order valence-electron chi connectivity index (χ4n) is 2.80. The van der Waals surface area contributed by atoms with Crippen LogP contribution in [0.4, 0.5) is 0 Å². The number of aromatic carboxylic acids is 1. The van der Waals surface area contributed by atoms with Crippen LogP contribution in [-0.4, -0.2) is 21.9 Å². The highest BCUT2D eigenvalue weighted by Crippen LogP contribution is 2.24. The zero-order valence-electron chi connectivity index (χ0n) is 15.4. The molecule has 2 aromatic rings. The van der Waals surface area contributed by atoms with Crippen molar-refractivity contribution < 1.29 is 9.90 Å². The van der Waals surface area contributed by atoms with E-state index in [0.29, 0.717) is 17.4 Å².